The quantitative estimate of drug-likeness (QED) is 0.240. The Morgan fingerprint density at radius 1 is 0.440 bits per heavy atom. The molecule has 236 valence electrons. The summed E-state index contributed by atoms with van der Waals surface area (Å²) in [6.07, 6.45) is 1.32. The molecule has 0 saturated carbocycles. The molecule has 6 aromatic carbocycles. The van der Waals surface area contributed by atoms with Gasteiger partial charge in [-0.05, 0) is 71.8 Å². The fraction of sp³-hybridized carbons (Fsp3) is 0.0500. The van der Waals surface area contributed by atoms with Gasteiger partial charge in [-0.3, -0.25) is 0 Å². The van der Waals surface area contributed by atoms with Crippen molar-refractivity contribution in [3.8, 4) is 46.0 Å². The fourth-order valence-corrected chi connectivity index (χ4v) is 5.62. The topological polar surface area (TPSA) is 117 Å². The number of carboxylic acid groups (broad SMARTS) is 2. The SMILES string of the molecule is O=C([O-])c1ccccc1Oc1cccc2c1Cc1ccccc1O2.O=C([O-])c1ccccc1Oc1cccc2c1Cc1ccccc1O2.[Na+].[Na+]. The van der Waals surface area contributed by atoms with Gasteiger partial charge in [0.15, 0.2) is 0 Å². The van der Waals surface area contributed by atoms with Crippen LogP contribution in [-0.2, 0) is 12.8 Å². The number of ether oxygens (including phenoxy) is 4. The van der Waals surface area contributed by atoms with Crippen molar-refractivity contribution in [2.45, 2.75) is 12.8 Å². The summed E-state index contributed by atoms with van der Waals surface area (Å²) >= 11 is 0. The van der Waals surface area contributed by atoms with E-state index >= 15 is 0 Å². The van der Waals surface area contributed by atoms with Crippen LogP contribution in [0, 0.1) is 0 Å². The summed E-state index contributed by atoms with van der Waals surface area (Å²) in [5.41, 5.74) is 3.96. The number of hydrogen-bond acceptors (Lipinski definition) is 8. The molecule has 50 heavy (non-hydrogen) atoms. The van der Waals surface area contributed by atoms with Crippen molar-refractivity contribution in [3.63, 3.8) is 0 Å². The predicted molar refractivity (Wildman–Crippen MR) is 173 cm³/mol. The zero-order valence-electron chi connectivity index (χ0n) is 27.4. The minimum absolute atomic E-state index is 0. The Balaban J connectivity index is 0.000000187. The van der Waals surface area contributed by atoms with Crippen LogP contribution in [0.2, 0.25) is 0 Å². The molecule has 0 bridgehead atoms. The van der Waals surface area contributed by atoms with Gasteiger partial charge in [-0.1, -0.05) is 72.8 Å². The Morgan fingerprint density at radius 3 is 1.20 bits per heavy atom. The number of hydrogen-bond donors (Lipinski definition) is 0. The summed E-state index contributed by atoms with van der Waals surface area (Å²) in [5, 5.41) is 22.5. The molecule has 0 atom stereocenters. The van der Waals surface area contributed by atoms with Crippen molar-refractivity contribution in [3.05, 3.63) is 167 Å². The van der Waals surface area contributed by atoms with Gasteiger partial charge in [0.05, 0.1) is 11.9 Å². The van der Waals surface area contributed by atoms with Crippen LogP contribution in [0.15, 0.2) is 133 Å². The number of rotatable bonds is 6. The van der Waals surface area contributed by atoms with Crippen LogP contribution in [0.3, 0.4) is 0 Å². The molecule has 0 aromatic heterocycles. The van der Waals surface area contributed by atoms with Crippen LogP contribution in [0.1, 0.15) is 43.0 Å². The zero-order valence-corrected chi connectivity index (χ0v) is 31.4. The van der Waals surface area contributed by atoms with E-state index in [1.807, 2.05) is 84.9 Å². The first-order chi connectivity index (χ1) is 23.4. The third kappa shape index (κ3) is 7.92. The second kappa shape index (κ2) is 16.4. The van der Waals surface area contributed by atoms with E-state index < -0.39 is 11.9 Å². The van der Waals surface area contributed by atoms with Gasteiger partial charge in [0, 0.05) is 35.1 Å². The summed E-state index contributed by atoms with van der Waals surface area (Å²) in [7, 11) is 0. The van der Waals surface area contributed by atoms with Gasteiger partial charge in [-0.15, -0.1) is 0 Å². The van der Waals surface area contributed by atoms with Crippen LogP contribution >= 0.6 is 0 Å². The third-order valence-electron chi connectivity index (χ3n) is 7.95. The van der Waals surface area contributed by atoms with Gasteiger partial charge in [-0.25, -0.2) is 0 Å². The molecule has 8 nitrogen and oxygen atoms in total. The molecule has 10 heteroatoms. The molecule has 0 amide bonds. The van der Waals surface area contributed by atoms with Crippen LogP contribution < -0.4 is 88.3 Å². The van der Waals surface area contributed by atoms with E-state index in [0.717, 1.165) is 45.3 Å². The van der Waals surface area contributed by atoms with E-state index in [4.69, 9.17) is 18.9 Å². The Morgan fingerprint density at radius 2 is 0.780 bits per heavy atom. The van der Waals surface area contributed by atoms with Gasteiger partial charge < -0.3 is 38.7 Å². The molecule has 0 radical (unpaired) electrons. The van der Waals surface area contributed by atoms with Gasteiger partial charge in [0.25, 0.3) is 0 Å². The molecular weight excluding hydrogens is 654 g/mol. The number of carbonyl (C=O) groups excluding carboxylic acids is 2. The number of aromatic carboxylic acids is 2. The standard InChI is InChI=1S/2C20H14O4.2Na/c2*21-20(22)14-7-2-4-9-17(14)24-19-11-5-10-18-15(19)12-13-6-1-3-8-16(13)23-18;;/h2*1-11H,12H2,(H,21,22);;/q;;2*+1/p-2. The number of fused-ring (bicyclic) bond motifs is 4. The van der Waals surface area contributed by atoms with Crippen molar-refractivity contribution in [2.75, 3.05) is 0 Å². The van der Waals surface area contributed by atoms with E-state index in [9.17, 15) is 19.8 Å². The van der Waals surface area contributed by atoms with Crippen LogP contribution in [0.25, 0.3) is 0 Å². The van der Waals surface area contributed by atoms with Crippen LogP contribution in [-0.4, -0.2) is 11.9 Å². The Kier molecular flexibility index (Phi) is 12.1. The van der Waals surface area contributed by atoms with Gasteiger partial charge in [0.1, 0.15) is 46.0 Å². The van der Waals surface area contributed by atoms with Crippen molar-refractivity contribution in [1.29, 1.82) is 0 Å². The summed E-state index contributed by atoms with van der Waals surface area (Å²) in [5.74, 6) is 2.23. The molecule has 6 aromatic rings. The van der Waals surface area contributed by atoms with Crippen molar-refractivity contribution in [2.24, 2.45) is 0 Å². The molecule has 0 spiro atoms. The monoisotopic (exact) mass is 680 g/mol. The van der Waals surface area contributed by atoms with Gasteiger partial charge >= 0.3 is 59.1 Å². The minimum Gasteiger partial charge on any atom is -0.545 e. The van der Waals surface area contributed by atoms with Gasteiger partial charge in [-0.2, -0.15) is 0 Å². The van der Waals surface area contributed by atoms with E-state index in [0.29, 0.717) is 24.3 Å². The predicted octanol–water partition coefficient (Wildman–Crippen LogP) is 1.09. The Bertz CT molecular complexity index is 2030. The molecule has 0 saturated heterocycles. The third-order valence-corrected chi connectivity index (χ3v) is 7.95. The molecule has 2 aliphatic heterocycles. The number of para-hydroxylation sites is 4. The molecule has 0 fully saturated rings. The molecule has 2 heterocycles. The molecular formula is C40H26Na2O8. The summed E-state index contributed by atoms with van der Waals surface area (Å²) in [6, 6.07) is 39.5. The molecule has 0 aliphatic carbocycles. The van der Waals surface area contributed by atoms with Crippen LogP contribution in [0.4, 0.5) is 0 Å². The largest absolute Gasteiger partial charge is 1.00 e. The average molecular weight is 681 g/mol. The first-order valence-electron chi connectivity index (χ1n) is 15.2. The van der Waals surface area contributed by atoms with Crippen molar-refractivity contribution < 1.29 is 97.9 Å². The minimum atomic E-state index is -1.27. The van der Waals surface area contributed by atoms with E-state index in [1.54, 1.807) is 36.4 Å². The summed E-state index contributed by atoms with van der Waals surface area (Å²) in [4.78, 5) is 22.5. The smallest absolute Gasteiger partial charge is 0.545 e. The average Bonchev–Trinajstić information content (AvgIpc) is 3.11. The summed E-state index contributed by atoms with van der Waals surface area (Å²) < 4.78 is 23.6. The zero-order chi connectivity index (χ0) is 33.0. The first-order valence-corrected chi connectivity index (χ1v) is 15.2. The molecule has 0 unspecified atom stereocenters. The normalized spacial score (nSPS) is 11.4. The molecule has 0 N–H and O–H groups in total. The van der Waals surface area contributed by atoms with Gasteiger partial charge in [0.2, 0.25) is 0 Å². The maximum atomic E-state index is 11.2. The van der Waals surface area contributed by atoms with Crippen LogP contribution in [0.5, 0.6) is 46.0 Å². The number of carbonyl (C=O) groups is 2. The van der Waals surface area contributed by atoms with E-state index in [2.05, 4.69) is 0 Å². The molecule has 8 rings (SSSR count). The first kappa shape index (κ1) is 36.7. The maximum absolute atomic E-state index is 11.2. The molecule has 2 aliphatic rings. The second-order valence-corrected chi connectivity index (χ2v) is 11.0. The fourth-order valence-electron chi connectivity index (χ4n) is 5.62. The second-order valence-electron chi connectivity index (χ2n) is 11.0. The van der Waals surface area contributed by atoms with Crippen molar-refractivity contribution >= 4 is 11.9 Å². The van der Waals surface area contributed by atoms with Crippen molar-refractivity contribution in [1.82, 2.24) is 0 Å². The summed E-state index contributed by atoms with van der Waals surface area (Å²) in [6.45, 7) is 0. The maximum Gasteiger partial charge on any atom is 1.00 e. The number of benzene rings is 6. The number of carboxylic acids is 2. The van der Waals surface area contributed by atoms with E-state index in [-0.39, 0.29) is 81.7 Å². The Labute approximate surface area is 332 Å². The van der Waals surface area contributed by atoms with E-state index in [1.165, 1.54) is 12.1 Å². The Hall–Kier alpha value is -4.54.